The molecule has 8 heteroatoms. The van der Waals surface area contributed by atoms with Gasteiger partial charge in [-0.2, -0.15) is 4.39 Å². The zero-order chi connectivity index (χ0) is 19.8. The predicted molar refractivity (Wildman–Crippen MR) is 92.4 cm³/mol. The minimum absolute atomic E-state index is 0.00482. The van der Waals surface area contributed by atoms with E-state index in [2.05, 4.69) is 5.32 Å². The van der Waals surface area contributed by atoms with Crippen LogP contribution in [0.4, 0.5) is 13.2 Å². The Bertz CT molecular complexity index is 735. The molecule has 0 spiro atoms. The Labute approximate surface area is 155 Å². The van der Waals surface area contributed by atoms with Crippen LogP contribution in [0.15, 0.2) is 18.2 Å². The lowest BCUT2D eigenvalue weighted by Gasteiger charge is -2.30. The molecule has 3 rings (SSSR count). The van der Waals surface area contributed by atoms with Gasteiger partial charge in [-0.15, -0.1) is 0 Å². The van der Waals surface area contributed by atoms with Crippen molar-refractivity contribution in [3.63, 3.8) is 0 Å². The zero-order valence-electron chi connectivity index (χ0n) is 15.0. The maximum absolute atomic E-state index is 13.4. The molecule has 27 heavy (non-hydrogen) atoms. The molecule has 3 N–H and O–H groups in total. The van der Waals surface area contributed by atoms with Crippen LogP contribution in [0, 0.1) is 5.92 Å². The normalized spacial score (nSPS) is 20.0. The number of rotatable bonds is 9. The number of halogens is 3. The number of carbonyl (C=O) groups excluding carboxylic acids is 2. The van der Waals surface area contributed by atoms with Gasteiger partial charge in [0.25, 0.3) is 12.3 Å². The summed E-state index contributed by atoms with van der Waals surface area (Å²) in [5.41, 5.74) is 5.31. The third-order valence-electron chi connectivity index (χ3n) is 5.15. The van der Waals surface area contributed by atoms with Crippen molar-refractivity contribution in [2.45, 2.75) is 63.3 Å². The Morgan fingerprint density at radius 3 is 2.44 bits per heavy atom. The molecule has 2 fully saturated rings. The monoisotopic (exact) mass is 384 g/mol. The van der Waals surface area contributed by atoms with Gasteiger partial charge in [0, 0.05) is 17.5 Å². The molecule has 0 heterocycles. The molecule has 2 amide bonds. The molecule has 0 aliphatic heterocycles. The molecule has 2 unspecified atom stereocenters. The number of hydrogen-bond donors (Lipinski definition) is 2. The van der Waals surface area contributed by atoms with Crippen LogP contribution in [0.5, 0.6) is 5.75 Å². The van der Waals surface area contributed by atoms with Crippen molar-refractivity contribution in [2.75, 3.05) is 0 Å². The molecule has 0 bridgehead atoms. The molecule has 1 aromatic carbocycles. The van der Waals surface area contributed by atoms with E-state index in [1.54, 1.807) is 19.1 Å². The fourth-order valence-corrected chi connectivity index (χ4v) is 3.39. The van der Waals surface area contributed by atoms with Gasteiger partial charge in [0.15, 0.2) is 0 Å². The fourth-order valence-electron chi connectivity index (χ4n) is 3.39. The number of alkyl halides is 3. The summed E-state index contributed by atoms with van der Waals surface area (Å²) in [5, 5.41) is 2.83. The number of nitrogens with one attached hydrogen (secondary N) is 1. The van der Waals surface area contributed by atoms with E-state index in [1.165, 1.54) is 6.07 Å². The third kappa shape index (κ3) is 4.73. The quantitative estimate of drug-likeness (QED) is 0.686. The SMILES string of the molecule is CC(CC(N)=O)(NC(=O)c1ccc(C2CC2)c(OC(F)C(F)F)c1)C1CC1. The van der Waals surface area contributed by atoms with Crippen LogP contribution in [0.1, 0.15) is 60.9 Å². The second-order valence-corrected chi connectivity index (χ2v) is 7.62. The van der Waals surface area contributed by atoms with E-state index in [-0.39, 0.29) is 29.6 Å². The lowest BCUT2D eigenvalue weighted by Crippen LogP contribution is -2.50. The highest BCUT2D eigenvalue weighted by molar-refractivity contribution is 5.95. The van der Waals surface area contributed by atoms with E-state index in [1.807, 2.05) is 0 Å². The van der Waals surface area contributed by atoms with Gasteiger partial charge in [0.05, 0.1) is 0 Å². The van der Waals surface area contributed by atoms with Crippen molar-refractivity contribution in [1.82, 2.24) is 5.32 Å². The average Bonchev–Trinajstić information content (AvgIpc) is 3.46. The molecular weight excluding hydrogens is 361 g/mol. The number of carbonyl (C=O) groups is 2. The van der Waals surface area contributed by atoms with Crippen LogP contribution in [0.3, 0.4) is 0 Å². The molecule has 1 aromatic rings. The van der Waals surface area contributed by atoms with Crippen molar-refractivity contribution in [3.8, 4) is 5.75 Å². The first kappa shape index (κ1) is 19.5. The molecule has 2 atom stereocenters. The van der Waals surface area contributed by atoms with Crippen LogP contribution in [-0.4, -0.2) is 30.1 Å². The molecule has 0 aromatic heterocycles. The summed E-state index contributed by atoms with van der Waals surface area (Å²) < 4.78 is 43.3. The summed E-state index contributed by atoms with van der Waals surface area (Å²) in [5.74, 6) is -0.751. The van der Waals surface area contributed by atoms with Crippen molar-refractivity contribution in [2.24, 2.45) is 11.7 Å². The summed E-state index contributed by atoms with van der Waals surface area (Å²) >= 11 is 0. The first-order valence-corrected chi connectivity index (χ1v) is 9.03. The Hall–Kier alpha value is -2.25. The molecule has 2 aliphatic carbocycles. The highest BCUT2D eigenvalue weighted by Gasteiger charge is 2.43. The van der Waals surface area contributed by atoms with Gasteiger partial charge in [-0.25, -0.2) is 8.78 Å². The molecule has 0 saturated heterocycles. The Morgan fingerprint density at radius 1 is 1.26 bits per heavy atom. The fraction of sp³-hybridized carbons (Fsp3) is 0.579. The van der Waals surface area contributed by atoms with Crippen molar-refractivity contribution in [1.29, 1.82) is 0 Å². The highest BCUT2D eigenvalue weighted by atomic mass is 19.3. The number of ether oxygens (including phenoxy) is 1. The average molecular weight is 384 g/mol. The van der Waals surface area contributed by atoms with Crippen molar-refractivity contribution >= 4 is 11.8 Å². The number of nitrogens with two attached hydrogens (primary N) is 1. The van der Waals surface area contributed by atoms with Crippen molar-refractivity contribution < 1.29 is 27.5 Å². The molecule has 148 valence electrons. The maximum atomic E-state index is 13.4. The maximum Gasteiger partial charge on any atom is 0.304 e. The van der Waals surface area contributed by atoms with Crippen LogP contribution >= 0.6 is 0 Å². The van der Waals surface area contributed by atoms with Gasteiger partial charge in [-0.1, -0.05) is 6.07 Å². The predicted octanol–water partition coefficient (Wildman–Crippen LogP) is 3.28. The largest absolute Gasteiger partial charge is 0.454 e. The summed E-state index contributed by atoms with van der Waals surface area (Å²) in [6, 6.07) is 4.46. The Balaban J connectivity index is 1.80. The van der Waals surface area contributed by atoms with Crippen molar-refractivity contribution in [3.05, 3.63) is 29.3 Å². The first-order chi connectivity index (χ1) is 12.7. The first-order valence-electron chi connectivity index (χ1n) is 9.03. The van der Waals surface area contributed by atoms with Crippen LogP contribution in [0.25, 0.3) is 0 Å². The lowest BCUT2D eigenvalue weighted by atomic mass is 9.90. The zero-order valence-corrected chi connectivity index (χ0v) is 15.0. The molecular formula is C19H23F3N2O3. The highest BCUT2D eigenvalue weighted by Crippen LogP contribution is 2.45. The summed E-state index contributed by atoms with van der Waals surface area (Å²) in [4.78, 5) is 24.1. The van der Waals surface area contributed by atoms with Crippen LogP contribution < -0.4 is 15.8 Å². The van der Waals surface area contributed by atoms with Gasteiger partial charge in [0.2, 0.25) is 5.91 Å². The topological polar surface area (TPSA) is 81.4 Å². The van der Waals surface area contributed by atoms with Gasteiger partial charge in [-0.05, 0) is 62.1 Å². The third-order valence-corrected chi connectivity index (χ3v) is 5.15. The smallest absolute Gasteiger partial charge is 0.304 e. The van der Waals surface area contributed by atoms with Gasteiger partial charge in [0.1, 0.15) is 5.75 Å². The van der Waals surface area contributed by atoms with E-state index in [4.69, 9.17) is 10.5 Å². The second kappa shape index (κ2) is 7.40. The van der Waals surface area contributed by atoms with Crippen LogP contribution in [-0.2, 0) is 4.79 Å². The molecule has 2 saturated carbocycles. The van der Waals surface area contributed by atoms with E-state index in [0.717, 1.165) is 25.7 Å². The molecule has 2 aliphatic rings. The summed E-state index contributed by atoms with van der Waals surface area (Å²) in [7, 11) is 0. The van der Waals surface area contributed by atoms with Gasteiger partial charge < -0.3 is 15.8 Å². The Kier molecular flexibility index (Phi) is 5.35. The molecule has 5 nitrogen and oxygen atoms in total. The summed E-state index contributed by atoms with van der Waals surface area (Å²) in [6.45, 7) is 1.76. The number of primary amides is 1. The van der Waals surface area contributed by atoms with Crippen LogP contribution in [0.2, 0.25) is 0 Å². The minimum atomic E-state index is -3.27. The van der Waals surface area contributed by atoms with Gasteiger partial charge in [-0.3, -0.25) is 9.59 Å². The second-order valence-electron chi connectivity index (χ2n) is 7.62. The summed E-state index contributed by atoms with van der Waals surface area (Å²) in [6.07, 6.45) is -2.52. The Morgan fingerprint density at radius 2 is 1.93 bits per heavy atom. The van der Waals surface area contributed by atoms with E-state index >= 15 is 0 Å². The number of amides is 2. The standard InChI is InChI=1S/C19H23F3N2O3/c1-19(9-15(23)25,12-5-6-12)24-18(26)11-4-7-13(10-2-3-10)14(8-11)27-17(22)16(20)21/h4,7-8,10,12,16-17H,2-3,5-6,9H2,1H3,(H2,23,25)(H,24,26). The van der Waals surface area contributed by atoms with E-state index < -0.39 is 30.1 Å². The van der Waals surface area contributed by atoms with Gasteiger partial charge >= 0.3 is 6.43 Å². The lowest BCUT2D eigenvalue weighted by molar-refractivity contribution is -0.119. The van der Waals surface area contributed by atoms with E-state index in [9.17, 15) is 22.8 Å². The minimum Gasteiger partial charge on any atom is -0.454 e. The molecule has 0 radical (unpaired) electrons. The number of benzene rings is 1. The number of hydrogen-bond acceptors (Lipinski definition) is 3. The van der Waals surface area contributed by atoms with E-state index in [0.29, 0.717) is 5.56 Å².